The van der Waals surface area contributed by atoms with Crippen LogP contribution in [-0.4, -0.2) is 37.0 Å². The van der Waals surface area contributed by atoms with Crippen LogP contribution in [0.15, 0.2) is 24.3 Å². The summed E-state index contributed by atoms with van der Waals surface area (Å²) < 4.78 is 0. The molecule has 0 bridgehead atoms. The second-order valence-electron chi connectivity index (χ2n) is 5.79. The van der Waals surface area contributed by atoms with Crippen molar-refractivity contribution in [1.29, 1.82) is 0 Å². The summed E-state index contributed by atoms with van der Waals surface area (Å²) in [7, 11) is 0. The number of carbonyl (C=O) groups is 2. The van der Waals surface area contributed by atoms with Gasteiger partial charge in [-0.1, -0.05) is 18.5 Å². The molecule has 0 aliphatic carbocycles. The zero-order chi connectivity index (χ0) is 16.1. The van der Waals surface area contributed by atoms with Crippen LogP contribution < -0.4 is 16.0 Å². The molecule has 23 heavy (non-hydrogen) atoms. The predicted octanol–water partition coefficient (Wildman–Crippen LogP) is 1.99. The Balaban J connectivity index is 0.00000264. The lowest BCUT2D eigenvalue weighted by Gasteiger charge is -2.31. The second kappa shape index (κ2) is 9.11. The maximum atomic E-state index is 12.2. The van der Waals surface area contributed by atoms with Crippen molar-refractivity contribution in [3.8, 4) is 0 Å². The van der Waals surface area contributed by atoms with Gasteiger partial charge in [-0.2, -0.15) is 0 Å². The number of benzene rings is 1. The highest BCUT2D eigenvalue weighted by Gasteiger charge is 2.25. The summed E-state index contributed by atoms with van der Waals surface area (Å²) in [4.78, 5) is 24.3. The van der Waals surface area contributed by atoms with E-state index in [0.717, 1.165) is 19.5 Å². The number of nitrogens with one attached hydrogen (secondary N) is 3. The van der Waals surface area contributed by atoms with E-state index in [1.54, 1.807) is 31.2 Å². The van der Waals surface area contributed by atoms with Crippen molar-refractivity contribution in [1.82, 2.24) is 16.0 Å². The Morgan fingerprint density at radius 3 is 2.57 bits per heavy atom. The Morgan fingerprint density at radius 2 is 1.96 bits per heavy atom. The molecule has 0 radical (unpaired) electrons. The predicted molar refractivity (Wildman–Crippen MR) is 94.2 cm³/mol. The highest BCUT2D eigenvalue weighted by Crippen LogP contribution is 2.12. The van der Waals surface area contributed by atoms with Crippen LogP contribution in [0.5, 0.6) is 0 Å². The summed E-state index contributed by atoms with van der Waals surface area (Å²) in [6.07, 6.45) is 1.04. The van der Waals surface area contributed by atoms with Gasteiger partial charge in [-0.3, -0.25) is 9.59 Å². The molecule has 7 heteroatoms. The highest BCUT2D eigenvalue weighted by atomic mass is 35.5. The Labute approximate surface area is 148 Å². The lowest BCUT2D eigenvalue weighted by Crippen LogP contribution is -2.54. The fourth-order valence-electron chi connectivity index (χ4n) is 2.44. The van der Waals surface area contributed by atoms with Gasteiger partial charge < -0.3 is 16.0 Å². The molecule has 1 fully saturated rings. The van der Waals surface area contributed by atoms with Crippen LogP contribution in [0.2, 0.25) is 5.02 Å². The van der Waals surface area contributed by atoms with E-state index in [4.69, 9.17) is 11.6 Å². The lowest BCUT2D eigenvalue weighted by atomic mass is 9.94. The molecule has 3 N–H and O–H groups in total. The fraction of sp³-hybridized carbons (Fsp3) is 0.500. The number of amides is 2. The minimum atomic E-state index is -0.586. The van der Waals surface area contributed by atoms with Gasteiger partial charge in [-0.15, -0.1) is 12.4 Å². The molecule has 128 valence electrons. The Morgan fingerprint density at radius 1 is 1.30 bits per heavy atom. The summed E-state index contributed by atoms with van der Waals surface area (Å²) >= 11 is 5.79. The van der Waals surface area contributed by atoms with Crippen LogP contribution in [0.3, 0.4) is 0 Å². The summed E-state index contributed by atoms with van der Waals surface area (Å²) in [6, 6.07) is 6.09. The number of hydrogen-bond acceptors (Lipinski definition) is 3. The lowest BCUT2D eigenvalue weighted by molar-refractivity contribution is -0.123. The minimum Gasteiger partial charge on any atom is -0.350 e. The van der Waals surface area contributed by atoms with Crippen molar-refractivity contribution in [3.05, 3.63) is 34.9 Å². The van der Waals surface area contributed by atoms with E-state index in [-0.39, 0.29) is 30.3 Å². The molecule has 5 nitrogen and oxygen atoms in total. The zero-order valence-electron chi connectivity index (χ0n) is 13.3. The van der Waals surface area contributed by atoms with Crippen molar-refractivity contribution >= 4 is 35.8 Å². The molecule has 3 unspecified atom stereocenters. The first-order valence-electron chi connectivity index (χ1n) is 7.55. The first kappa shape index (κ1) is 19.7. The average Bonchev–Trinajstić information content (AvgIpc) is 2.50. The van der Waals surface area contributed by atoms with Gasteiger partial charge in [0, 0.05) is 23.2 Å². The van der Waals surface area contributed by atoms with E-state index in [1.807, 2.05) is 0 Å². The van der Waals surface area contributed by atoms with Gasteiger partial charge >= 0.3 is 0 Å². The van der Waals surface area contributed by atoms with Crippen molar-refractivity contribution < 1.29 is 9.59 Å². The smallest absolute Gasteiger partial charge is 0.251 e. The third-order valence-electron chi connectivity index (χ3n) is 4.00. The zero-order valence-corrected chi connectivity index (χ0v) is 14.8. The highest BCUT2D eigenvalue weighted by molar-refractivity contribution is 6.30. The van der Waals surface area contributed by atoms with E-state index < -0.39 is 6.04 Å². The van der Waals surface area contributed by atoms with Crippen LogP contribution in [0, 0.1) is 5.92 Å². The fourth-order valence-corrected chi connectivity index (χ4v) is 2.56. The maximum absolute atomic E-state index is 12.2. The number of piperidine rings is 1. The number of carbonyl (C=O) groups excluding carboxylic acids is 2. The van der Waals surface area contributed by atoms with Gasteiger partial charge in [-0.05, 0) is 50.1 Å². The van der Waals surface area contributed by atoms with Crippen molar-refractivity contribution in [2.75, 3.05) is 13.1 Å². The van der Waals surface area contributed by atoms with E-state index in [9.17, 15) is 9.59 Å². The number of hydrogen-bond donors (Lipinski definition) is 3. The van der Waals surface area contributed by atoms with Crippen LogP contribution in [0.25, 0.3) is 0 Å². The number of halogens is 2. The molecule has 1 heterocycles. The molecule has 1 aromatic rings. The summed E-state index contributed by atoms with van der Waals surface area (Å²) in [6.45, 7) is 5.56. The Hall–Kier alpha value is -1.30. The quantitative estimate of drug-likeness (QED) is 0.769. The van der Waals surface area contributed by atoms with Gasteiger partial charge in [0.1, 0.15) is 6.04 Å². The van der Waals surface area contributed by atoms with Gasteiger partial charge in [0.2, 0.25) is 5.91 Å². The SMILES string of the molecule is CC(NC(=O)c1ccc(Cl)cc1)C(=O)NC1CNCCC1C.Cl. The van der Waals surface area contributed by atoms with E-state index >= 15 is 0 Å². The van der Waals surface area contributed by atoms with Gasteiger partial charge in [-0.25, -0.2) is 0 Å². The molecular formula is C16H23Cl2N3O2. The first-order chi connectivity index (χ1) is 10.5. The van der Waals surface area contributed by atoms with E-state index in [2.05, 4.69) is 22.9 Å². The van der Waals surface area contributed by atoms with Gasteiger partial charge in [0.25, 0.3) is 5.91 Å². The van der Waals surface area contributed by atoms with Crippen LogP contribution in [0.1, 0.15) is 30.6 Å². The normalized spacial score (nSPS) is 21.7. The summed E-state index contributed by atoms with van der Waals surface area (Å²) in [5.74, 6) is -0.0126. The molecule has 1 aliphatic heterocycles. The monoisotopic (exact) mass is 359 g/mol. The minimum absolute atomic E-state index is 0. The molecule has 1 saturated heterocycles. The molecule has 0 saturated carbocycles. The van der Waals surface area contributed by atoms with Crippen LogP contribution in [0.4, 0.5) is 0 Å². The average molecular weight is 360 g/mol. The largest absolute Gasteiger partial charge is 0.350 e. The van der Waals surface area contributed by atoms with Crippen molar-refractivity contribution in [2.24, 2.45) is 5.92 Å². The van der Waals surface area contributed by atoms with Crippen molar-refractivity contribution in [3.63, 3.8) is 0 Å². The third-order valence-corrected chi connectivity index (χ3v) is 4.25. The molecule has 3 atom stereocenters. The van der Waals surface area contributed by atoms with Gasteiger partial charge in [0.15, 0.2) is 0 Å². The first-order valence-corrected chi connectivity index (χ1v) is 7.92. The maximum Gasteiger partial charge on any atom is 0.251 e. The molecule has 1 aliphatic rings. The summed E-state index contributed by atoms with van der Waals surface area (Å²) in [5, 5.41) is 9.54. The Bertz CT molecular complexity index is 537. The molecule has 2 amide bonds. The third kappa shape index (κ3) is 5.68. The molecule has 2 rings (SSSR count). The topological polar surface area (TPSA) is 70.2 Å². The van der Waals surface area contributed by atoms with E-state index in [0.29, 0.717) is 16.5 Å². The van der Waals surface area contributed by atoms with Crippen molar-refractivity contribution in [2.45, 2.75) is 32.4 Å². The van der Waals surface area contributed by atoms with Crippen LogP contribution in [-0.2, 0) is 4.79 Å². The van der Waals surface area contributed by atoms with Crippen LogP contribution >= 0.6 is 24.0 Å². The number of rotatable bonds is 4. The van der Waals surface area contributed by atoms with Gasteiger partial charge in [0.05, 0.1) is 0 Å². The second-order valence-corrected chi connectivity index (χ2v) is 6.22. The summed E-state index contributed by atoms with van der Waals surface area (Å²) in [5.41, 5.74) is 0.483. The molecular weight excluding hydrogens is 337 g/mol. The standard InChI is InChI=1S/C16H22ClN3O2.ClH/c1-10-7-8-18-9-14(10)20-15(21)11(2)19-16(22)12-3-5-13(17)6-4-12;/h3-6,10-11,14,18H,7-9H2,1-2H3,(H,19,22)(H,20,21);1H. The van der Waals surface area contributed by atoms with E-state index in [1.165, 1.54) is 0 Å². The molecule has 0 spiro atoms. The molecule has 0 aromatic heterocycles. The Kier molecular flexibility index (Phi) is 7.82. The molecule has 1 aromatic carbocycles.